The first-order valence-corrected chi connectivity index (χ1v) is 5.16. The SMILES string of the molecule is CC(=O)CCC(C)(c1ccccc1)[N+](=O)[O-]. The first kappa shape index (κ1) is 12.4. The smallest absolute Gasteiger partial charge is 0.244 e. The fourth-order valence-corrected chi connectivity index (χ4v) is 1.56. The van der Waals surface area contributed by atoms with E-state index < -0.39 is 5.54 Å². The zero-order valence-corrected chi connectivity index (χ0v) is 9.47. The summed E-state index contributed by atoms with van der Waals surface area (Å²) in [5, 5.41) is 11.1. The Balaban J connectivity index is 2.98. The van der Waals surface area contributed by atoms with Gasteiger partial charge in [0.2, 0.25) is 5.54 Å². The highest BCUT2D eigenvalue weighted by molar-refractivity contribution is 5.75. The minimum atomic E-state index is -1.17. The Labute approximate surface area is 94.4 Å². The zero-order chi connectivity index (χ0) is 12.2. The van der Waals surface area contributed by atoms with Gasteiger partial charge in [-0.15, -0.1) is 0 Å². The van der Waals surface area contributed by atoms with Crippen LogP contribution in [0.4, 0.5) is 0 Å². The molecule has 0 aliphatic rings. The molecule has 0 radical (unpaired) electrons. The number of rotatable bonds is 5. The molecule has 1 aromatic rings. The van der Waals surface area contributed by atoms with Gasteiger partial charge in [-0.2, -0.15) is 0 Å². The second-order valence-corrected chi connectivity index (χ2v) is 4.10. The lowest BCUT2D eigenvalue weighted by Crippen LogP contribution is -2.32. The molecule has 0 saturated heterocycles. The van der Waals surface area contributed by atoms with E-state index in [0.717, 1.165) is 0 Å². The number of benzene rings is 1. The Kier molecular flexibility index (Phi) is 3.77. The molecule has 0 amide bonds. The molecule has 0 heterocycles. The standard InChI is InChI=1S/C12H15NO3/c1-10(14)8-9-12(2,13(15)16)11-6-4-3-5-7-11/h3-7H,8-9H2,1-2H3. The summed E-state index contributed by atoms with van der Waals surface area (Å²) in [5.41, 5.74) is -0.534. The van der Waals surface area contributed by atoms with Crippen molar-refractivity contribution >= 4 is 5.78 Å². The van der Waals surface area contributed by atoms with Crippen molar-refractivity contribution in [2.45, 2.75) is 32.2 Å². The van der Waals surface area contributed by atoms with E-state index in [0.29, 0.717) is 5.56 Å². The molecule has 0 bridgehead atoms. The molecule has 1 aromatic carbocycles. The van der Waals surface area contributed by atoms with Crippen LogP contribution in [0.5, 0.6) is 0 Å². The van der Waals surface area contributed by atoms with Gasteiger partial charge >= 0.3 is 0 Å². The predicted octanol–water partition coefficient (Wildman–Crippen LogP) is 2.55. The highest BCUT2D eigenvalue weighted by atomic mass is 16.6. The maximum absolute atomic E-state index is 11.1. The van der Waals surface area contributed by atoms with E-state index in [9.17, 15) is 14.9 Å². The van der Waals surface area contributed by atoms with Gasteiger partial charge in [-0.25, -0.2) is 0 Å². The van der Waals surface area contributed by atoms with E-state index >= 15 is 0 Å². The van der Waals surface area contributed by atoms with Crippen LogP contribution in [0.3, 0.4) is 0 Å². The van der Waals surface area contributed by atoms with Crippen LogP contribution in [0.25, 0.3) is 0 Å². The highest BCUT2D eigenvalue weighted by Gasteiger charge is 2.38. The molecule has 0 N–H and O–H groups in total. The number of hydrogen-bond donors (Lipinski definition) is 0. The third kappa shape index (κ3) is 2.66. The number of nitrogens with zero attached hydrogens (tertiary/aromatic N) is 1. The largest absolute Gasteiger partial charge is 0.300 e. The van der Waals surface area contributed by atoms with Crippen molar-refractivity contribution < 1.29 is 9.72 Å². The van der Waals surface area contributed by atoms with Gasteiger partial charge in [0, 0.05) is 30.3 Å². The molecule has 0 aliphatic heterocycles. The average molecular weight is 221 g/mol. The topological polar surface area (TPSA) is 60.2 Å². The van der Waals surface area contributed by atoms with Crippen LogP contribution in [-0.2, 0) is 10.3 Å². The van der Waals surface area contributed by atoms with Crippen LogP contribution < -0.4 is 0 Å². The van der Waals surface area contributed by atoms with E-state index in [1.807, 2.05) is 6.07 Å². The van der Waals surface area contributed by atoms with E-state index in [-0.39, 0.29) is 23.5 Å². The molecule has 1 rings (SSSR count). The Morgan fingerprint density at radius 3 is 2.38 bits per heavy atom. The number of carbonyl (C=O) groups excluding carboxylic acids is 1. The van der Waals surface area contributed by atoms with Crippen LogP contribution in [0.15, 0.2) is 30.3 Å². The molecule has 0 fully saturated rings. The molecule has 1 unspecified atom stereocenters. The lowest BCUT2D eigenvalue weighted by atomic mass is 9.87. The van der Waals surface area contributed by atoms with Crippen molar-refractivity contribution in [3.05, 3.63) is 46.0 Å². The summed E-state index contributed by atoms with van der Waals surface area (Å²) < 4.78 is 0. The summed E-state index contributed by atoms with van der Waals surface area (Å²) in [4.78, 5) is 21.7. The van der Waals surface area contributed by atoms with Crippen molar-refractivity contribution in [3.8, 4) is 0 Å². The molecule has 86 valence electrons. The summed E-state index contributed by atoms with van der Waals surface area (Å²) >= 11 is 0. The molecule has 0 saturated carbocycles. The van der Waals surface area contributed by atoms with Crippen molar-refractivity contribution in [3.63, 3.8) is 0 Å². The number of hydrogen-bond acceptors (Lipinski definition) is 3. The Morgan fingerprint density at radius 2 is 1.94 bits per heavy atom. The minimum Gasteiger partial charge on any atom is -0.300 e. The number of carbonyl (C=O) groups is 1. The third-order valence-corrected chi connectivity index (χ3v) is 2.76. The normalized spacial score (nSPS) is 14.1. The first-order chi connectivity index (χ1) is 7.47. The summed E-state index contributed by atoms with van der Waals surface area (Å²) in [6.07, 6.45) is 0.464. The van der Waals surface area contributed by atoms with Gasteiger partial charge in [-0.3, -0.25) is 10.1 Å². The monoisotopic (exact) mass is 221 g/mol. The zero-order valence-electron chi connectivity index (χ0n) is 9.47. The van der Waals surface area contributed by atoms with Crippen LogP contribution in [0.2, 0.25) is 0 Å². The van der Waals surface area contributed by atoms with Gasteiger partial charge in [-0.05, 0) is 6.92 Å². The molecule has 16 heavy (non-hydrogen) atoms. The Bertz CT molecular complexity index is 389. The van der Waals surface area contributed by atoms with Gasteiger partial charge < -0.3 is 4.79 Å². The number of ketones is 1. The van der Waals surface area contributed by atoms with Crippen LogP contribution >= 0.6 is 0 Å². The Hall–Kier alpha value is -1.71. The molecule has 1 atom stereocenters. The predicted molar refractivity (Wildman–Crippen MR) is 60.7 cm³/mol. The lowest BCUT2D eigenvalue weighted by molar-refractivity contribution is -0.575. The van der Waals surface area contributed by atoms with E-state index in [4.69, 9.17) is 0 Å². The van der Waals surface area contributed by atoms with Crippen LogP contribution in [0.1, 0.15) is 32.3 Å². The number of nitro groups is 1. The maximum atomic E-state index is 11.1. The second kappa shape index (κ2) is 4.88. The van der Waals surface area contributed by atoms with E-state index in [1.54, 1.807) is 31.2 Å². The first-order valence-electron chi connectivity index (χ1n) is 5.16. The molecular weight excluding hydrogens is 206 g/mol. The lowest BCUT2D eigenvalue weighted by Gasteiger charge is -2.20. The molecular formula is C12H15NO3. The fraction of sp³-hybridized carbons (Fsp3) is 0.417. The molecule has 0 aliphatic carbocycles. The number of Topliss-reactive ketones (excluding diaryl/α,β-unsaturated/α-hetero) is 1. The molecule has 4 heteroatoms. The van der Waals surface area contributed by atoms with E-state index in [2.05, 4.69) is 0 Å². The van der Waals surface area contributed by atoms with Gasteiger partial charge in [0.05, 0.1) is 0 Å². The van der Waals surface area contributed by atoms with Crippen molar-refractivity contribution in [2.24, 2.45) is 0 Å². The van der Waals surface area contributed by atoms with Crippen molar-refractivity contribution in [2.75, 3.05) is 0 Å². The third-order valence-electron chi connectivity index (χ3n) is 2.76. The van der Waals surface area contributed by atoms with Crippen molar-refractivity contribution in [1.29, 1.82) is 0 Å². The maximum Gasteiger partial charge on any atom is 0.244 e. The summed E-state index contributed by atoms with van der Waals surface area (Å²) in [6, 6.07) is 8.80. The van der Waals surface area contributed by atoms with Gasteiger partial charge in [0.1, 0.15) is 5.78 Å². The molecule has 4 nitrogen and oxygen atoms in total. The highest BCUT2D eigenvalue weighted by Crippen LogP contribution is 2.29. The van der Waals surface area contributed by atoms with Gasteiger partial charge in [0.25, 0.3) is 0 Å². The summed E-state index contributed by atoms with van der Waals surface area (Å²) in [7, 11) is 0. The molecule has 0 aromatic heterocycles. The quantitative estimate of drug-likeness (QED) is 0.567. The Morgan fingerprint density at radius 1 is 1.38 bits per heavy atom. The van der Waals surface area contributed by atoms with Gasteiger partial charge in [-0.1, -0.05) is 30.3 Å². The second-order valence-electron chi connectivity index (χ2n) is 4.10. The van der Waals surface area contributed by atoms with Gasteiger partial charge in [0.15, 0.2) is 0 Å². The van der Waals surface area contributed by atoms with Crippen LogP contribution in [-0.4, -0.2) is 10.7 Å². The average Bonchev–Trinajstić information content (AvgIpc) is 2.26. The summed E-state index contributed by atoms with van der Waals surface area (Å²) in [5.74, 6) is -0.0241. The van der Waals surface area contributed by atoms with Crippen molar-refractivity contribution in [1.82, 2.24) is 0 Å². The summed E-state index contributed by atoms with van der Waals surface area (Å²) in [6.45, 7) is 3.01. The minimum absolute atomic E-state index is 0.0241. The van der Waals surface area contributed by atoms with Crippen LogP contribution in [0, 0.1) is 10.1 Å². The molecule has 0 spiro atoms. The fourth-order valence-electron chi connectivity index (χ4n) is 1.56. The van der Waals surface area contributed by atoms with E-state index in [1.165, 1.54) is 6.92 Å².